The van der Waals surface area contributed by atoms with Gasteiger partial charge in [-0.3, -0.25) is 0 Å². The van der Waals surface area contributed by atoms with Gasteiger partial charge in [0.15, 0.2) is 11.5 Å². The third kappa shape index (κ3) is 1.78. The highest BCUT2D eigenvalue weighted by Gasteiger charge is 2.27. The Labute approximate surface area is 117 Å². The van der Waals surface area contributed by atoms with Gasteiger partial charge in [0.25, 0.3) is 0 Å². The molecular weight excluding hydrogens is 278 g/mol. The first kappa shape index (κ1) is 11.7. The Bertz CT molecular complexity index is 769. The highest BCUT2D eigenvalue weighted by atomic mass is 16.7. The van der Waals surface area contributed by atoms with Crippen LogP contribution in [0.25, 0.3) is 0 Å². The van der Waals surface area contributed by atoms with Gasteiger partial charge in [-0.05, 0) is 34.2 Å². The Morgan fingerprint density at radius 1 is 1.38 bits per heavy atom. The maximum absolute atomic E-state index is 11.2. The zero-order chi connectivity index (χ0) is 14.4. The summed E-state index contributed by atoms with van der Waals surface area (Å²) in [6.07, 6.45) is 1.54. The number of fused-ring (bicyclic) bond motifs is 2. The first-order valence-electron chi connectivity index (χ1n) is 6.12. The van der Waals surface area contributed by atoms with Crippen molar-refractivity contribution >= 4 is 11.9 Å². The van der Waals surface area contributed by atoms with Gasteiger partial charge in [0.1, 0.15) is 11.7 Å². The van der Waals surface area contributed by atoms with E-state index in [0.717, 1.165) is 5.56 Å². The summed E-state index contributed by atoms with van der Waals surface area (Å²) in [6, 6.07) is 4.96. The van der Waals surface area contributed by atoms with Crippen molar-refractivity contribution in [3.05, 3.63) is 35.5 Å². The third-order valence-corrected chi connectivity index (χ3v) is 3.30. The smallest absolute Gasteiger partial charge is 0.352 e. The summed E-state index contributed by atoms with van der Waals surface area (Å²) in [5, 5.41) is 23.0. The monoisotopic (exact) mass is 287 g/mol. The molecule has 0 fully saturated rings. The molecule has 9 nitrogen and oxygen atoms in total. The molecule has 9 heteroatoms. The summed E-state index contributed by atoms with van der Waals surface area (Å²) in [4.78, 5) is 11.2. The van der Waals surface area contributed by atoms with Crippen LogP contribution in [0.4, 0.5) is 5.95 Å². The van der Waals surface area contributed by atoms with Crippen LogP contribution in [-0.2, 0) is 4.79 Å². The lowest BCUT2D eigenvalue weighted by Crippen LogP contribution is -2.24. The van der Waals surface area contributed by atoms with Gasteiger partial charge in [0, 0.05) is 0 Å². The number of hydrogen-bond acceptors (Lipinski definition) is 7. The fourth-order valence-corrected chi connectivity index (χ4v) is 2.31. The highest BCUT2D eigenvalue weighted by molar-refractivity contribution is 5.90. The molecule has 21 heavy (non-hydrogen) atoms. The number of carbonyl (C=O) groups is 1. The van der Waals surface area contributed by atoms with E-state index < -0.39 is 12.0 Å². The van der Waals surface area contributed by atoms with E-state index in [9.17, 15) is 4.79 Å². The normalized spacial score (nSPS) is 18.7. The van der Waals surface area contributed by atoms with Crippen molar-refractivity contribution in [1.29, 1.82) is 0 Å². The second-order valence-electron chi connectivity index (χ2n) is 4.52. The number of hydrogen-bond donors (Lipinski definition) is 2. The van der Waals surface area contributed by atoms with Gasteiger partial charge >= 0.3 is 5.97 Å². The molecule has 106 valence electrons. The van der Waals surface area contributed by atoms with Crippen molar-refractivity contribution in [2.24, 2.45) is 0 Å². The van der Waals surface area contributed by atoms with Crippen LogP contribution in [0.3, 0.4) is 0 Å². The molecule has 2 aliphatic rings. The number of anilines is 1. The van der Waals surface area contributed by atoms with Crippen molar-refractivity contribution in [2.45, 2.75) is 6.04 Å². The Morgan fingerprint density at radius 2 is 2.24 bits per heavy atom. The quantitative estimate of drug-likeness (QED) is 0.815. The summed E-state index contributed by atoms with van der Waals surface area (Å²) in [5.74, 6) is 0.477. The summed E-state index contributed by atoms with van der Waals surface area (Å²) >= 11 is 0. The van der Waals surface area contributed by atoms with Crippen LogP contribution in [0.15, 0.2) is 30.0 Å². The van der Waals surface area contributed by atoms with Crippen LogP contribution >= 0.6 is 0 Å². The minimum atomic E-state index is -1.07. The van der Waals surface area contributed by atoms with Crippen LogP contribution in [0, 0.1) is 0 Å². The molecule has 2 N–H and O–H groups in total. The fourth-order valence-electron chi connectivity index (χ4n) is 2.31. The van der Waals surface area contributed by atoms with E-state index >= 15 is 0 Å². The number of aromatic nitrogens is 4. The number of nitrogens with zero attached hydrogens (tertiary/aromatic N) is 4. The van der Waals surface area contributed by atoms with Gasteiger partial charge in [-0.1, -0.05) is 11.2 Å². The molecule has 0 radical (unpaired) electrons. The lowest BCUT2D eigenvalue weighted by atomic mass is 10.0. The molecule has 2 aromatic rings. The predicted molar refractivity (Wildman–Crippen MR) is 67.9 cm³/mol. The average molecular weight is 287 g/mol. The molecule has 0 amide bonds. The SMILES string of the molecule is O=C(O)C1=C[C@H](c2ccc3c(c2)OCO3)n2nnnc2N1. The van der Waals surface area contributed by atoms with Gasteiger partial charge in [0.05, 0.1) is 0 Å². The minimum Gasteiger partial charge on any atom is -0.477 e. The molecule has 0 spiro atoms. The largest absolute Gasteiger partial charge is 0.477 e. The lowest BCUT2D eigenvalue weighted by Gasteiger charge is -2.21. The van der Waals surface area contributed by atoms with Crippen molar-refractivity contribution in [1.82, 2.24) is 20.2 Å². The number of carboxylic acids is 1. The Kier molecular flexibility index (Phi) is 2.34. The number of rotatable bonds is 2. The first-order chi connectivity index (χ1) is 10.2. The number of benzene rings is 1. The minimum absolute atomic E-state index is 0.0277. The molecule has 1 atom stereocenters. The Morgan fingerprint density at radius 3 is 3.10 bits per heavy atom. The molecule has 2 aliphatic heterocycles. The predicted octanol–water partition coefficient (Wildman–Crippen LogP) is 0.385. The number of ether oxygens (including phenoxy) is 2. The van der Waals surface area contributed by atoms with E-state index in [2.05, 4.69) is 20.8 Å². The van der Waals surface area contributed by atoms with E-state index in [0.29, 0.717) is 11.5 Å². The Hall–Kier alpha value is -3.10. The molecule has 0 saturated heterocycles. The molecule has 4 rings (SSSR count). The standard InChI is InChI=1S/C12H9N5O4/c18-11(19)7-4-8(17-12(13-7)14-15-16-17)6-1-2-9-10(3-6)21-5-20-9/h1-4,8H,5H2,(H,18,19)(H,13,14,16)/t8-/m1/s1. The maximum Gasteiger partial charge on any atom is 0.352 e. The van der Waals surface area contributed by atoms with Gasteiger partial charge in [-0.2, -0.15) is 4.68 Å². The highest BCUT2D eigenvalue weighted by Crippen LogP contribution is 2.36. The molecule has 1 aromatic heterocycles. The number of carboxylic acid groups (broad SMARTS) is 1. The van der Waals surface area contributed by atoms with E-state index in [1.165, 1.54) is 4.68 Å². The van der Waals surface area contributed by atoms with E-state index in [-0.39, 0.29) is 18.4 Å². The van der Waals surface area contributed by atoms with Crippen molar-refractivity contribution < 1.29 is 19.4 Å². The summed E-state index contributed by atoms with van der Waals surface area (Å²) in [7, 11) is 0. The summed E-state index contributed by atoms with van der Waals surface area (Å²) < 4.78 is 12.1. The van der Waals surface area contributed by atoms with Crippen LogP contribution < -0.4 is 14.8 Å². The summed E-state index contributed by atoms with van der Waals surface area (Å²) in [5.41, 5.74) is 0.827. The van der Waals surface area contributed by atoms with Crippen LogP contribution in [0.2, 0.25) is 0 Å². The summed E-state index contributed by atoms with van der Waals surface area (Å²) in [6.45, 7) is 0.178. The zero-order valence-electron chi connectivity index (χ0n) is 10.6. The van der Waals surface area contributed by atoms with Crippen molar-refractivity contribution in [3.63, 3.8) is 0 Å². The van der Waals surface area contributed by atoms with Gasteiger partial charge in [-0.25, -0.2) is 4.79 Å². The average Bonchev–Trinajstić information content (AvgIpc) is 3.13. The molecule has 0 bridgehead atoms. The fraction of sp³-hybridized carbons (Fsp3) is 0.167. The second kappa shape index (κ2) is 4.20. The van der Waals surface area contributed by atoms with Crippen LogP contribution in [0.1, 0.15) is 11.6 Å². The molecule has 1 aromatic carbocycles. The maximum atomic E-state index is 11.2. The molecule has 0 unspecified atom stereocenters. The molecule has 0 aliphatic carbocycles. The Balaban J connectivity index is 1.82. The number of nitrogens with one attached hydrogen (secondary N) is 1. The van der Waals surface area contributed by atoms with Gasteiger partial charge in [0.2, 0.25) is 12.7 Å². The second-order valence-corrected chi connectivity index (χ2v) is 4.52. The van der Waals surface area contributed by atoms with Crippen LogP contribution in [0.5, 0.6) is 11.5 Å². The zero-order valence-corrected chi connectivity index (χ0v) is 10.6. The topological polar surface area (TPSA) is 111 Å². The number of aliphatic carboxylic acids is 1. The van der Waals surface area contributed by atoms with E-state index in [1.807, 2.05) is 6.07 Å². The molecule has 3 heterocycles. The first-order valence-corrected chi connectivity index (χ1v) is 6.12. The molecular formula is C12H9N5O4. The number of tetrazole rings is 1. The lowest BCUT2D eigenvalue weighted by molar-refractivity contribution is -0.132. The van der Waals surface area contributed by atoms with Gasteiger partial charge < -0.3 is 19.9 Å². The van der Waals surface area contributed by atoms with Crippen molar-refractivity contribution in [3.8, 4) is 11.5 Å². The van der Waals surface area contributed by atoms with Crippen molar-refractivity contribution in [2.75, 3.05) is 12.1 Å². The van der Waals surface area contributed by atoms with Gasteiger partial charge in [-0.15, -0.1) is 0 Å². The van der Waals surface area contributed by atoms with E-state index in [1.54, 1.807) is 18.2 Å². The van der Waals surface area contributed by atoms with E-state index in [4.69, 9.17) is 14.6 Å². The number of allylic oxidation sites excluding steroid dienone is 1. The molecule has 0 saturated carbocycles. The van der Waals surface area contributed by atoms with Crippen LogP contribution in [-0.4, -0.2) is 38.1 Å². The third-order valence-electron chi connectivity index (χ3n) is 3.30.